The molecular formula is C17H29N. The van der Waals surface area contributed by atoms with Crippen LogP contribution in [0, 0.1) is 12.8 Å². The minimum Gasteiger partial charge on any atom is -0.314 e. The molecule has 0 fully saturated rings. The number of hydrogen-bond donors (Lipinski definition) is 1. The van der Waals surface area contributed by atoms with Gasteiger partial charge in [-0.3, -0.25) is 0 Å². The van der Waals surface area contributed by atoms with Crippen LogP contribution in [0.15, 0.2) is 24.3 Å². The third-order valence-corrected chi connectivity index (χ3v) is 3.34. The maximum Gasteiger partial charge on any atom is 0.0108 e. The zero-order valence-corrected chi connectivity index (χ0v) is 12.5. The van der Waals surface area contributed by atoms with E-state index in [1.165, 1.54) is 30.4 Å². The average molecular weight is 247 g/mol. The molecule has 1 atom stereocenters. The molecule has 102 valence electrons. The van der Waals surface area contributed by atoms with E-state index in [0.717, 1.165) is 18.9 Å². The van der Waals surface area contributed by atoms with E-state index in [1.807, 2.05) is 0 Å². The monoisotopic (exact) mass is 247 g/mol. The summed E-state index contributed by atoms with van der Waals surface area (Å²) < 4.78 is 0. The van der Waals surface area contributed by atoms with Crippen LogP contribution in [0.2, 0.25) is 0 Å². The number of hydrogen-bond acceptors (Lipinski definition) is 1. The van der Waals surface area contributed by atoms with Gasteiger partial charge in [-0.05, 0) is 50.6 Å². The van der Waals surface area contributed by atoms with Gasteiger partial charge in [0.05, 0.1) is 0 Å². The van der Waals surface area contributed by atoms with Gasteiger partial charge in [-0.25, -0.2) is 0 Å². The topological polar surface area (TPSA) is 12.0 Å². The summed E-state index contributed by atoms with van der Waals surface area (Å²) in [5.74, 6) is 0.799. The first-order valence-electron chi connectivity index (χ1n) is 7.40. The predicted molar refractivity (Wildman–Crippen MR) is 81.0 cm³/mol. The van der Waals surface area contributed by atoms with Gasteiger partial charge in [0.25, 0.3) is 0 Å². The highest BCUT2D eigenvalue weighted by atomic mass is 14.9. The molecule has 0 spiro atoms. The highest BCUT2D eigenvalue weighted by Crippen LogP contribution is 2.13. The molecule has 0 aromatic heterocycles. The van der Waals surface area contributed by atoms with Gasteiger partial charge in [0.2, 0.25) is 0 Å². The fourth-order valence-corrected chi connectivity index (χ4v) is 2.28. The maximum atomic E-state index is 3.69. The van der Waals surface area contributed by atoms with Gasteiger partial charge < -0.3 is 5.32 Å². The summed E-state index contributed by atoms with van der Waals surface area (Å²) >= 11 is 0. The summed E-state index contributed by atoms with van der Waals surface area (Å²) in [4.78, 5) is 0. The van der Waals surface area contributed by atoms with Gasteiger partial charge in [-0.15, -0.1) is 0 Å². The number of nitrogens with one attached hydrogen (secondary N) is 1. The van der Waals surface area contributed by atoms with Gasteiger partial charge in [-0.2, -0.15) is 0 Å². The molecule has 1 unspecified atom stereocenters. The van der Waals surface area contributed by atoms with E-state index in [4.69, 9.17) is 0 Å². The van der Waals surface area contributed by atoms with Gasteiger partial charge in [0.15, 0.2) is 0 Å². The van der Waals surface area contributed by atoms with Crippen molar-refractivity contribution >= 4 is 0 Å². The van der Waals surface area contributed by atoms with Crippen LogP contribution in [-0.2, 0) is 6.42 Å². The lowest BCUT2D eigenvalue weighted by molar-refractivity contribution is 0.427. The Balaban J connectivity index is 2.53. The minimum atomic E-state index is 0.633. The molecule has 18 heavy (non-hydrogen) atoms. The fraction of sp³-hybridized carbons (Fsp3) is 0.647. The Bertz CT molecular complexity index is 330. The van der Waals surface area contributed by atoms with Crippen molar-refractivity contribution in [3.63, 3.8) is 0 Å². The number of benzene rings is 1. The third-order valence-electron chi connectivity index (χ3n) is 3.34. The second kappa shape index (κ2) is 8.31. The average Bonchev–Trinajstić information content (AvgIpc) is 2.32. The Morgan fingerprint density at radius 2 is 1.94 bits per heavy atom. The lowest BCUT2D eigenvalue weighted by Gasteiger charge is -2.20. The Morgan fingerprint density at radius 1 is 1.17 bits per heavy atom. The van der Waals surface area contributed by atoms with E-state index >= 15 is 0 Å². The van der Waals surface area contributed by atoms with Gasteiger partial charge >= 0.3 is 0 Å². The Hall–Kier alpha value is -0.820. The van der Waals surface area contributed by atoms with Crippen LogP contribution in [0.5, 0.6) is 0 Å². The molecule has 1 nitrogen and oxygen atoms in total. The van der Waals surface area contributed by atoms with Crippen LogP contribution in [0.4, 0.5) is 0 Å². The van der Waals surface area contributed by atoms with Crippen molar-refractivity contribution in [2.24, 2.45) is 5.92 Å². The van der Waals surface area contributed by atoms with Crippen molar-refractivity contribution in [1.82, 2.24) is 5.32 Å². The minimum absolute atomic E-state index is 0.633. The maximum absolute atomic E-state index is 3.69. The SMILES string of the molecule is CCCNC(CCC(C)C)Cc1cccc(C)c1. The van der Waals surface area contributed by atoms with Crippen LogP contribution in [0.3, 0.4) is 0 Å². The second-order valence-electron chi connectivity index (χ2n) is 5.82. The van der Waals surface area contributed by atoms with Crippen LogP contribution >= 0.6 is 0 Å². The number of aryl methyl sites for hydroxylation is 1. The van der Waals surface area contributed by atoms with E-state index in [2.05, 4.69) is 57.3 Å². The van der Waals surface area contributed by atoms with Gasteiger partial charge in [0, 0.05) is 6.04 Å². The van der Waals surface area contributed by atoms with E-state index in [9.17, 15) is 0 Å². The summed E-state index contributed by atoms with van der Waals surface area (Å²) in [7, 11) is 0. The van der Waals surface area contributed by atoms with Crippen LogP contribution in [0.25, 0.3) is 0 Å². The van der Waals surface area contributed by atoms with E-state index in [1.54, 1.807) is 0 Å². The molecule has 0 bridgehead atoms. The van der Waals surface area contributed by atoms with Crippen molar-refractivity contribution in [1.29, 1.82) is 0 Å². The molecule has 0 radical (unpaired) electrons. The lowest BCUT2D eigenvalue weighted by atomic mass is 9.97. The first-order chi connectivity index (χ1) is 8.61. The highest BCUT2D eigenvalue weighted by Gasteiger charge is 2.09. The summed E-state index contributed by atoms with van der Waals surface area (Å²) in [5.41, 5.74) is 2.83. The Labute approximate surface area is 113 Å². The quantitative estimate of drug-likeness (QED) is 0.720. The molecule has 1 aromatic carbocycles. The van der Waals surface area contributed by atoms with Crippen LogP contribution in [0.1, 0.15) is 51.2 Å². The van der Waals surface area contributed by atoms with Crippen molar-refractivity contribution in [2.45, 2.75) is 59.4 Å². The Morgan fingerprint density at radius 3 is 2.56 bits per heavy atom. The summed E-state index contributed by atoms with van der Waals surface area (Å²) in [6.07, 6.45) is 4.97. The third kappa shape index (κ3) is 6.20. The van der Waals surface area contributed by atoms with E-state index < -0.39 is 0 Å². The molecule has 0 saturated carbocycles. The smallest absolute Gasteiger partial charge is 0.0108 e. The normalized spacial score (nSPS) is 12.9. The zero-order chi connectivity index (χ0) is 13.4. The molecule has 0 aliphatic heterocycles. The molecule has 1 rings (SSSR count). The molecule has 0 aliphatic carbocycles. The molecule has 0 heterocycles. The van der Waals surface area contributed by atoms with Gasteiger partial charge in [0.1, 0.15) is 0 Å². The molecular weight excluding hydrogens is 218 g/mol. The summed E-state index contributed by atoms with van der Waals surface area (Å²) in [6, 6.07) is 9.55. The van der Waals surface area contributed by atoms with Crippen molar-refractivity contribution in [3.8, 4) is 0 Å². The first kappa shape index (κ1) is 15.2. The summed E-state index contributed by atoms with van der Waals surface area (Å²) in [6.45, 7) is 10.2. The zero-order valence-electron chi connectivity index (χ0n) is 12.5. The molecule has 0 saturated heterocycles. The largest absolute Gasteiger partial charge is 0.314 e. The van der Waals surface area contributed by atoms with Crippen LogP contribution < -0.4 is 5.32 Å². The van der Waals surface area contributed by atoms with Crippen LogP contribution in [-0.4, -0.2) is 12.6 Å². The molecule has 1 N–H and O–H groups in total. The molecule has 0 aliphatic rings. The molecule has 1 heteroatoms. The van der Waals surface area contributed by atoms with E-state index in [0.29, 0.717) is 6.04 Å². The fourth-order valence-electron chi connectivity index (χ4n) is 2.28. The van der Waals surface area contributed by atoms with Crippen molar-refractivity contribution in [2.75, 3.05) is 6.54 Å². The van der Waals surface area contributed by atoms with Gasteiger partial charge in [-0.1, -0.05) is 50.6 Å². The Kier molecular flexibility index (Phi) is 7.04. The summed E-state index contributed by atoms with van der Waals surface area (Å²) in [5, 5.41) is 3.69. The molecule has 1 aromatic rings. The van der Waals surface area contributed by atoms with Crippen molar-refractivity contribution < 1.29 is 0 Å². The first-order valence-corrected chi connectivity index (χ1v) is 7.40. The molecule has 0 amide bonds. The van der Waals surface area contributed by atoms with Crippen molar-refractivity contribution in [3.05, 3.63) is 35.4 Å². The predicted octanol–water partition coefficient (Wildman–Crippen LogP) is 4.34. The number of rotatable bonds is 8. The lowest BCUT2D eigenvalue weighted by Crippen LogP contribution is -2.32. The highest BCUT2D eigenvalue weighted by molar-refractivity contribution is 5.22. The standard InChI is InChI=1S/C17H29N/c1-5-11-18-17(10-9-14(2)3)13-16-8-6-7-15(4)12-16/h6-8,12,14,17-18H,5,9-11,13H2,1-4H3. The van der Waals surface area contributed by atoms with E-state index in [-0.39, 0.29) is 0 Å². The second-order valence-corrected chi connectivity index (χ2v) is 5.82.